The number of rotatable bonds is 5. The minimum atomic E-state index is -3.41. The van der Waals surface area contributed by atoms with Crippen molar-refractivity contribution in [2.75, 3.05) is 46.8 Å². The number of hydrogen-bond acceptors (Lipinski definition) is 3. The number of piperazine rings is 1. The van der Waals surface area contributed by atoms with Crippen molar-refractivity contribution in [2.24, 2.45) is 0 Å². The molecule has 0 saturated carbocycles. The molecule has 1 aromatic rings. The molecule has 0 bridgehead atoms. The molecule has 1 aliphatic rings. The van der Waals surface area contributed by atoms with E-state index in [1.54, 1.807) is 4.90 Å². The lowest BCUT2D eigenvalue weighted by molar-refractivity contribution is 0.170. The molecular weight excluding hydrogens is 352 g/mol. The number of carbonyl (C=O) groups is 1. The van der Waals surface area contributed by atoms with E-state index in [4.69, 9.17) is 11.6 Å². The normalized spacial score (nSPS) is 16.4. The second-order valence-electron chi connectivity index (χ2n) is 5.79. The number of benzene rings is 1. The van der Waals surface area contributed by atoms with Gasteiger partial charge in [0.05, 0.1) is 0 Å². The quantitative estimate of drug-likeness (QED) is 0.836. The first-order valence-corrected chi connectivity index (χ1v) is 9.53. The number of halogens is 1. The van der Waals surface area contributed by atoms with Crippen molar-refractivity contribution in [3.05, 3.63) is 34.9 Å². The fraction of sp³-hybridized carbons (Fsp3) is 0.533. The van der Waals surface area contributed by atoms with E-state index in [1.807, 2.05) is 24.3 Å². The van der Waals surface area contributed by atoms with Gasteiger partial charge in [0.2, 0.25) is 0 Å². The van der Waals surface area contributed by atoms with Gasteiger partial charge in [-0.3, -0.25) is 0 Å². The van der Waals surface area contributed by atoms with E-state index < -0.39 is 10.2 Å². The Labute approximate surface area is 148 Å². The fourth-order valence-electron chi connectivity index (χ4n) is 2.47. The highest BCUT2D eigenvalue weighted by Gasteiger charge is 2.29. The minimum Gasteiger partial charge on any atom is -0.338 e. The first-order valence-electron chi connectivity index (χ1n) is 7.75. The third-order valence-electron chi connectivity index (χ3n) is 3.89. The van der Waals surface area contributed by atoms with Crippen LogP contribution in [0.5, 0.6) is 0 Å². The number of carbonyl (C=O) groups excluding carboxylic acids is 1. The second kappa shape index (κ2) is 8.15. The van der Waals surface area contributed by atoms with Gasteiger partial charge in [-0.1, -0.05) is 23.7 Å². The van der Waals surface area contributed by atoms with Crippen molar-refractivity contribution in [1.29, 1.82) is 0 Å². The van der Waals surface area contributed by atoms with Crippen LogP contribution in [0.1, 0.15) is 5.56 Å². The lowest BCUT2D eigenvalue weighted by Gasteiger charge is -2.35. The summed E-state index contributed by atoms with van der Waals surface area (Å²) in [5, 5.41) is 3.54. The van der Waals surface area contributed by atoms with Gasteiger partial charge in [0.25, 0.3) is 10.2 Å². The summed E-state index contributed by atoms with van der Waals surface area (Å²) in [6.07, 6.45) is 0.696. The summed E-state index contributed by atoms with van der Waals surface area (Å²) in [5.41, 5.74) is 1.06. The highest BCUT2D eigenvalue weighted by molar-refractivity contribution is 7.86. The maximum atomic E-state index is 12.2. The van der Waals surface area contributed by atoms with E-state index in [1.165, 1.54) is 22.7 Å². The lowest BCUT2D eigenvalue weighted by Crippen LogP contribution is -2.55. The summed E-state index contributed by atoms with van der Waals surface area (Å²) in [6.45, 7) is 1.89. The minimum absolute atomic E-state index is 0.168. The predicted octanol–water partition coefficient (Wildman–Crippen LogP) is 1.02. The van der Waals surface area contributed by atoms with Crippen molar-refractivity contribution in [1.82, 2.24) is 18.8 Å². The number of hydrogen-bond donors (Lipinski definition) is 1. The molecule has 9 heteroatoms. The molecule has 1 N–H and O–H groups in total. The third-order valence-corrected chi connectivity index (χ3v) is 6.07. The largest absolute Gasteiger partial charge is 0.338 e. The van der Waals surface area contributed by atoms with Crippen molar-refractivity contribution >= 4 is 27.8 Å². The van der Waals surface area contributed by atoms with Gasteiger partial charge in [-0.15, -0.1) is 0 Å². The van der Waals surface area contributed by atoms with Crippen molar-refractivity contribution in [2.45, 2.75) is 6.42 Å². The Morgan fingerprint density at radius 1 is 1.25 bits per heavy atom. The number of amides is 2. The smallest absolute Gasteiger partial charge is 0.317 e. The molecule has 1 aromatic carbocycles. The zero-order chi connectivity index (χ0) is 17.7. The molecule has 0 radical (unpaired) electrons. The van der Waals surface area contributed by atoms with Crippen molar-refractivity contribution in [3.8, 4) is 0 Å². The summed E-state index contributed by atoms with van der Waals surface area (Å²) in [6, 6.07) is 7.36. The highest BCUT2D eigenvalue weighted by Crippen LogP contribution is 2.11. The molecule has 0 aromatic heterocycles. The molecule has 7 nitrogen and oxygen atoms in total. The standard InChI is InChI=1S/C15H23ClN4O3S/c1-18(2)24(22,23)20-10-8-19(9-11-20)15(21)17-7-6-13-4-3-5-14(16)12-13/h3-5,12H,6-11H2,1-2H3,(H,17,21). The van der Waals surface area contributed by atoms with Gasteiger partial charge >= 0.3 is 6.03 Å². The number of urea groups is 1. The molecule has 1 saturated heterocycles. The van der Waals surface area contributed by atoms with Crippen LogP contribution >= 0.6 is 11.6 Å². The molecule has 134 valence electrons. The van der Waals surface area contributed by atoms with Gasteiger partial charge in [0.15, 0.2) is 0 Å². The van der Waals surface area contributed by atoms with Crippen LogP contribution in [0.15, 0.2) is 24.3 Å². The second-order valence-corrected chi connectivity index (χ2v) is 8.37. The zero-order valence-corrected chi connectivity index (χ0v) is 15.5. The van der Waals surface area contributed by atoms with Gasteiger partial charge in [-0.2, -0.15) is 17.0 Å². The summed E-state index contributed by atoms with van der Waals surface area (Å²) in [4.78, 5) is 13.8. The van der Waals surface area contributed by atoms with Crippen LogP contribution in [0.3, 0.4) is 0 Å². The maximum absolute atomic E-state index is 12.2. The van der Waals surface area contributed by atoms with E-state index >= 15 is 0 Å². The van der Waals surface area contributed by atoms with Crippen LogP contribution in [0.2, 0.25) is 5.02 Å². The summed E-state index contributed by atoms with van der Waals surface area (Å²) in [5.74, 6) is 0. The molecule has 0 unspecified atom stereocenters. The molecule has 0 atom stereocenters. The molecular formula is C15H23ClN4O3S. The SMILES string of the molecule is CN(C)S(=O)(=O)N1CCN(C(=O)NCCc2cccc(Cl)c2)CC1. The van der Waals surface area contributed by atoms with E-state index in [0.29, 0.717) is 44.2 Å². The summed E-state index contributed by atoms with van der Waals surface area (Å²) in [7, 11) is -0.402. The Balaban J connectivity index is 1.77. The first-order chi connectivity index (χ1) is 11.3. The van der Waals surface area contributed by atoms with Crippen LogP contribution in [0.25, 0.3) is 0 Å². The molecule has 1 fully saturated rings. The lowest BCUT2D eigenvalue weighted by atomic mass is 10.1. The predicted molar refractivity (Wildman–Crippen MR) is 94.3 cm³/mol. The molecule has 1 heterocycles. The van der Waals surface area contributed by atoms with Crippen LogP contribution in [-0.2, 0) is 16.6 Å². The summed E-state index contributed by atoms with van der Waals surface area (Å²) >= 11 is 5.93. The average molecular weight is 375 g/mol. The topological polar surface area (TPSA) is 73.0 Å². The molecule has 2 rings (SSSR count). The van der Waals surface area contributed by atoms with Gasteiger partial charge < -0.3 is 10.2 Å². The first kappa shape index (κ1) is 19.0. The van der Waals surface area contributed by atoms with Gasteiger partial charge in [-0.25, -0.2) is 4.79 Å². The molecule has 0 aliphatic carbocycles. The number of nitrogens with zero attached hydrogens (tertiary/aromatic N) is 3. The highest BCUT2D eigenvalue weighted by atomic mass is 35.5. The third kappa shape index (κ3) is 4.83. The maximum Gasteiger partial charge on any atom is 0.317 e. The van der Waals surface area contributed by atoms with Crippen LogP contribution < -0.4 is 5.32 Å². The van der Waals surface area contributed by atoms with Crippen molar-refractivity contribution < 1.29 is 13.2 Å². The van der Waals surface area contributed by atoms with Crippen LogP contribution in [0, 0.1) is 0 Å². The Bertz CT molecular complexity index is 673. The Morgan fingerprint density at radius 3 is 2.50 bits per heavy atom. The monoisotopic (exact) mass is 374 g/mol. The van der Waals surface area contributed by atoms with Crippen molar-refractivity contribution in [3.63, 3.8) is 0 Å². The average Bonchev–Trinajstić information content (AvgIpc) is 2.55. The van der Waals surface area contributed by atoms with E-state index in [9.17, 15) is 13.2 Å². The van der Waals surface area contributed by atoms with E-state index in [0.717, 1.165) is 5.56 Å². The Hall–Kier alpha value is -1.35. The van der Waals surface area contributed by atoms with E-state index in [-0.39, 0.29) is 6.03 Å². The Morgan fingerprint density at radius 2 is 1.92 bits per heavy atom. The molecule has 2 amide bonds. The summed E-state index contributed by atoms with van der Waals surface area (Å²) < 4.78 is 26.7. The van der Waals surface area contributed by atoms with E-state index in [2.05, 4.69) is 5.32 Å². The van der Waals surface area contributed by atoms with Gasteiger partial charge in [0.1, 0.15) is 0 Å². The molecule has 0 spiro atoms. The molecule has 1 aliphatic heterocycles. The van der Waals surface area contributed by atoms with Crippen LogP contribution in [0.4, 0.5) is 4.79 Å². The zero-order valence-electron chi connectivity index (χ0n) is 13.9. The van der Waals surface area contributed by atoms with Crippen LogP contribution in [-0.4, -0.2) is 74.8 Å². The molecule has 24 heavy (non-hydrogen) atoms. The Kier molecular flexibility index (Phi) is 6.45. The van der Waals surface area contributed by atoms with Gasteiger partial charge in [0, 0.05) is 51.8 Å². The fourth-order valence-corrected chi connectivity index (χ4v) is 3.77. The van der Waals surface area contributed by atoms with Gasteiger partial charge in [-0.05, 0) is 24.1 Å². The number of nitrogens with one attached hydrogen (secondary N) is 1.